The summed E-state index contributed by atoms with van der Waals surface area (Å²) in [6.45, 7) is 1.73. The van der Waals surface area contributed by atoms with Gasteiger partial charge in [0, 0.05) is 40.3 Å². The van der Waals surface area contributed by atoms with E-state index in [9.17, 15) is 9.59 Å². The monoisotopic (exact) mass is 510 g/mol. The maximum absolute atomic E-state index is 10.2. The van der Waals surface area contributed by atoms with Crippen LogP contribution >= 0.6 is 48.4 Å². The molecule has 0 atom stereocenters. The first-order chi connectivity index (χ1) is 13.9. The highest BCUT2D eigenvalue weighted by Gasteiger charge is 1.97. The van der Waals surface area contributed by atoms with Crippen LogP contribution in [0.25, 0.3) is 0 Å². The Morgan fingerprint density at radius 1 is 0.800 bits per heavy atom. The van der Waals surface area contributed by atoms with Gasteiger partial charge < -0.3 is 38.6 Å². The number of thiocarbonyl (C=S) groups is 3. The zero-order valence-electron chi connectivity index (χ0n) is 19.3. The number of rotatable bonds is 0. The molecule has 2 amide bonds. The second kappa shape index (κ2) is 32.0. The molecule has 0 spiro atoms. The zero-order chi connectivity index (χ0) is 25.1. The Labute approximate surface area is 200 Å². The van der Waals surface area contributed by atoms with Crippen LogP contribution in [0.4, 0.5) is 9.59 Å². The third-order valence-electron chi connectivity index (χ3n) is 1.88. The Bertz CT molecular complexity index is 410. The molecular formula is C16H34N2O8S4. The van der Waals surface area contributed by atoms with E-state index in [1.165, 1.54) is 52.1 Å². The predicted molar refractivity (Wildman–Crippen MR) is 133 cm³/mol. The standard InChI is InChI=1S/C4H9NO2.C3H7NO2.C3H6O2S.C3H6OS2.C3H6OS/c1-5(2)4(6)7-3;1-4-3(5)6-2;1-4-3(6)5-2;1-4-3(5)6-2;1-3(5)4-2/h1-3H3;1-2H3,(H,4,5);2*1-2H3;1-2H3. The number of alkyl carbamates (subject to hydrolysis) is 1. The van der Waals surface area contributed by atoms with Gasteiger partial charge in [0.15, 0.2) is 5.05 Å². The summed E-state index contributed by atoms with van der Waals surface area (Å²) >= 11 is 14.9. The van der Waals surface area contributed by atoms with Crippen LogP contribution in [0, 0.1) is 0 Å². The highest BCUT2D eigenvalue weighted by Crippen LogP contribution is 1.95. The summed E-state index contributed by atoms with van der Waals surface area (Å²) in [5.74, 6) is 0. The van der Waals surface area contributed by atoms with Gasteiger partial charge in [-0.25, -0.2) is 9.59 Å². The lowest BCUT2D eigenvalue weighted by molar-refractivity contribution is 0.141. The number of nitrogens with one attached hydrogen (secondary N) is 1. The van der Waals surface area contributed by atoms with E-state index in [0.717, 1.165) is 0 Å². The molecule has 14 heteroatoms. The van der Waals surface area contributed by atoms with Gasteiger partial charge in [-0.15, -0.1) is 0 Å². The molecule has 180 valence electrons. The number of carbonyl (C=O) groups excluding carboxylic acids is 2. The Morgan fingerprint density at radius 3 is 1.20 bits per heavy atom. The Morgan fingerprint density at radius 2 is 1.20 bits per heavy atom. The van der Waals surface area contributed by atoms with Crippen molar-refractivity contribution in [1.82, 2.24) is 10.2 Å². The quantitative estimate of drug-likeness (QED) is 0.484. The number of methoxy groups -OCH3 is 6. The van der Waals surface area contributed by atoms with E-state index in [0.29, 0.717) is 9.43 Å². The molecule has 30 heavy (non-hydrogen) atoms. The van der Waals surface area contributed by atoms with Crippen molar-refractivity contribution in [2.45, 2.75) is 6.92 Å². The van der Waals surface area contributed by atoms with Crippen molar-refractivity contribution in [2.24, 2.45) is 0 Å². The van der Waals surface area contributed by atoms with Crippen LogP contribution in [-0.2, 0) is 28.4 Å². The predicted octanol–water partition coefficient (Wildman–Crippen LogP) is 3.11. The second-order valence-electron chi connectivity index (χ2n) is 4.12. The molecule has 0 aromatic rings. The summed E-state index contributed by atoms with van der Waals surface area (Å²) in [5, 5.41) is 3.02. The van der Waals surface area contributed by atoms with Crippen LogP contribution in [-0.4, -0.2) is 102 Å². The normalized spacial score (nSPS) is 7.30. The number of ether oxygens (including phenoxy) is 6. The minimum Gasteiger partial charge on any atom is -0.491 e. The van der Waals surface area contributed by atoms with E-state index in [1.807, 2.05) is 6.26 Å². The van der Waals surface area contributed by atoms with Gasteiger partial charge in [0.25, 0.3) is 0 Å². The molecule has 0 rings (SSSR count). The fourth-order valence-corrected chi connectivity index (χ4v) is 0.618. The molecule has 0 unspecified atom stereocenters. The van der Waals surface area contributed by atoms with E-state index in [-0.39, 0.29) is 11.3 Å². The summed E-state index contributed by atoms with van der Waals surface area (Å²) in [6, 6.07) is 0. The van der Waals surface area contributed by atoms with Gasteiger partial charge >= 0.3 is 17.4 Å². The van der Waals surface area contributed by atoms with Crippen molar-refractivity contribution in [3.8, 4) is 0 Å². The van der Waals surface area contributed by atoms with Crippen LogP contribution in [0.2, 0.25) is 0 Å². The van der Waals surface area contributed by atoms with E-state index < -0.39 is 6.09 Å². The molecule has 0 radical (unpaired) electrons. The minimum absolute atomic E-state index is 0.176. The van der Waals surface area contributed by atoms with Crippen molar-refractivity contribution in [3.63, 3.8) is 0 Å². The van der Waals surface area contributed by atoms with Crippen LogP contribution in [0.1, 0.15) is 6.92 Å². The lowest BCUT2D eigenvalue weighted by atomic mass is 10.9. The van der Waals surface area contributed by atoms with Gasteiger partial charge in [-0.05, 0) is 30.7 Å². The van der Waals surface area contributed by atoms with Gasteiger partial charge in [-0.2, -0.15) is 0 Å². The Hall–Kier alpha value is -1.64. The molecule has 0 aliphatic heterocycles. The molecule has 0 saturated carbocycles. The third kappa shape index (κ3) is 50.3. The van der Waals surface area contributed by atoms with Gasteiger partial charge in [0.2, 0.25) is 4.38 Å². The molecule has 10 nitrogen and oxygen atoms in total. The van der Waals surface area contributed by atoms with Crippen molar-refractivity contribution in [2.75, 3.05) is 70.1 Å². The second-order valence-corrected chi connectivity index (χ2v) is 6.43. The molecule has 0 aliphatic carbocycles. The number of hydrogen-bond acceptors (Lipinski definition) is 12. The fourth-order valence-electron chi connectivity index (χ4n) is 0.451. The summed E-state index contributed by atoms with van der Waals surface area (Å²) in [4.78, 5) is 21.4. The van der Waals surface area contributed by atoms with E-state index in [4.69, 9.17) is 0 Å². The summed E-state index contributed by atoms with van der Waals surface area (Å²) < 4.78 is 26.9. The number of carbonyl (C=O) groups is 2. The molecule has 0 heterocycles. The van der Waals surface area contributed by atoms with Crippen molar-refractivity contribution < 1.29 is 38.0 Å². The Balaban J connectivity index is -0.0000000872. The first-order valence-electron chi connectivity index (χ1n) is 7.68. The molecule has 0 saturated heterocycles. The topological polar surface area (TPSA) is 105 Å². The molecule has 0 aromatic heterocycles. The van der Waals surface area contributed by atoms with Gasteiger partial charge in [0.05, 0.1) is 42.7 Å². The lowest BCUT2D eigenvalue weighted by Gasteiger charge is -2.05. The van der Waals surface area contributed by atoms with Gasteiger partial charge in [-0.1, -0.05) is 11.8 Å². The molecule has 1 N–H and O–H groups in total. The maximum Gasteiger partial charge on any atom is 0.408 e. The first kappa shape index (κ1) is 38.9. The smallest absolute Gasteiger partial charge is 0.408 e. The minimum atomic E-state index is -0.407. The highest BCUT2D eigenvalue weighted by atomic mass is 32.2. The van der Waals surface area contributed by atoms with Crippen LogP contribution in [0.5, 0.6) is 0 Å². The molecule has 0 bridgehead atoms. The zero-order valence-corrected chi connectivity index (χ0v) is 22.6. The number of thioether (sulfide) groups is 1. The molecule has 0 aromatic carbocycles. The van der Waals surface area contributed by atoms with E-state index in [1.54, 1.807) is 35.2 Å². The molecular weight excluding hydrogens is 476 g/mol. The SMILES string of the molecule is CNC(=O)OC.COC(=O)N(C)C.COC(=S)OC.COC(=S)SC.COC(C)=S. The summed E-state index contributed by atoms with van der Waals surface area (Å²) in [6.07, 6.45) is 1.15. The van der Waals surface area contributed by atoms with Crippen molar-refractivity contribution >= 4 is 75.3 Å². The van der Waals surface area contributed by atoms with E-state index >= 15 is 0 Å². The first-order valence-corrected chi connectivity index (χ1v) is 10.1. The molecule has 0 aliphatic rings. The number of amides is 2. The van der Waals surface area contributed by atoms with Crippen LogP contribution < -0.4 is 5.32 Å². The van der Waals surface area contributed by atoms with Crippen molar-refractivity contribution in [1.29, 1.82) is 0 Å². The third-order valence-corrected chi connectivity index (χ3v) is 3.55. The molecule has 0 fully saturated rings. The largest absolute Gasteiger partial charge is 0.491 e. The Kier molecular flexibility index (Phi) is 41.5. The maximum atomic E-state index is 10.2. The lowest BCUT2D eigenvalue weighted by Crippen LogP contribution is -2.20. The van der Waals surface area contributed by atoms with Crippen molar-refractivity contribution in [3.05, 3.63) is 0 Å². The van der Waals surface area contributed by atoms with Crippen LogP contribution in [0.3, 0.4) is 0 Å². The summed E-state index contributed by atoms with van der Waals surface area (Å²) in [5.41, 5.74) is 0. The van der Waals surface area contributed by atoms with Crippen LogP contribution in [0.15, 0.2) is 0 Å². The number of nitrogens with zero attached hydrogens (tertiary/aromatic N) is 1. The van der Waals surface area contributed by atoms with Gasteiger partial charge in [0.1, 0.15) is 0 Å². The van der Waals surface area contributed by atoms with Gasteiger partial charge in [-0.3, -0.25) is 0 Å². The fraction of sp³-hybridized carbons (Fsp3) is 0.688. The number of hydrogen-bond donors (Lipinski definition) is 1. The van der Waals surface area contributed by atoms with E-state index in [2.05, 4.69) is 70.4 Å². The average molecular weight is 511 g/mol. The highest BCUT2D eigenvalue weighted by molar-refractivity contribution is 8.22. The summed E-state index contributed by atoms with van der Waals surface area (Å²) in [7, 11) is 13.5. The average Bonchev–Trinajstić information content (AvgIpc) is 2.77.